The van der Waals surface area contributed by atoms with Gasteiger partial charge in [0.2, 0.25) is 6.79 Å². The molecule has 0 spiro atoms. The highest BCUT2D eigenvalue weighted by Crippen LogP contribution is 2.44. The quantitative estimate of drug-likeness (QED) is 0.724. The Morgan fingerprint density at radius 2 is 1.89 bits per heavy atom. The van der Waals surface area contributed by atoms with E-state index in [2.05, 4.69) is 4.99 Å². The Balaban J connectivity index is 1.49. The fraction of sp³-hybridized carbons (Fsp3) is 0.579. The van der Waals surface area contributed by atoms with E-state index in [0.29, 0.717) is 16.7 Å². The van der Waals surface area contributed by atoms with Gasteiger partial charge in [-0.1, -0.05) is 31.0 Å². The largest absolute Gasteiger partial charge is 0.454 e. The first-order valence-electron chi connectivity index (χ1n) is 9.69. The lowest BCUT2D eigenvalue weighted by atomic mass is 9.89. The van der Waals surface area contributed by atoms with Gasteiger partial charge in [-0.15, -0.1) is 0 Å². The van der Waals surface area contributed by atoms with Crippen molar-refractivity contribution in [3.8, 4) is 11.5 Å². The third-order valence-corrected chi connectivity index (χ3v) is 9.07. The van der Waals surface area contributed by atoms with Gasteiger partial charge in [0.15, 0.2) is 26.5 Å². The maximum Gasteiger partial charge on any atom is 0.251 e. The third kappa shape index (κ3) is 3.28. The zero-order chi connectivity index (χ0) is 19.3. The number of benzene rings is 1. The van der Waals surface area contributed by atoms with Crippen molar-refractivity contribution >= 4 is 38.4 Å². The second-order valence-corrected chi connectivity index (χ2v) is 11.1. The SMILES string of the molecule is O=C(N=C1S[C@H]2CS(=O)(=O)C[C@@H]2N1c1ccc2c(c1)OCO2)C1CCCCC1. The Hall–Kier alpha value is -1.74. The summed E-state index contributed by atoms with van der Waals surface area (Å²) in [5, 5.41) is 0.507. The number of sulfone groups is 1. The molecule has 28 heavy (non-hydrogen) atoms. The van der Waals surface area contributed by atoms with Crippen LogP contribution in [-0.4, -0.2) is 49.1 Å². The van der Waals surface area contributed by atoms with Gasteiger partial charge < -0.3 is 14.4 Å². The molecule has 0 bridgehead atoms. The molecule has 1 saturated carbocycles. The van der Waals surface area contributed by atoms with Crippen molar-refractivity contribution < 1.29 is 22.7 Å². The topological polar surface area (TPSA) is 85.3 Å². The number of anilines is 1. The third-order valence-electron chi connectivity index (χ3n) is 5.86. The van der Waals surface area contributed by atoms with Crippen molar-refractivity contribution in [1.29, 1.82) is 0 Å². The molecule has 3 heterocycles. The number of nitrogens with zero attached hydrogens (tertiary/aromatic N) is 2. The molecule has 4 aliphatic rings. The van der Waals surface area contributed by atoms with Gasteiger partial charge in [0.05, 0.1) is 17.5 Å². The molecule has 2 atom stereocenters. The first-order chi connectivity index (χ1) is 13.5. The Morgan fingerprint density at radius 3 is 2.71 bits per heavy atom. The number of rotatable bonds is 2. The van der Waals surface area contributed by atoms with Crippen LogP contribution < -0.4 is 14.4 Å². The number of carbonyl (C=O) groups is 1. The summed E-state index contributed by atoms with van der Waals surface area (Å²) in [5.41, 5.74) is 0.788. The van der Waals surface area contributed by atoms with Gasteiger partial charge in [-0.05, 0) is 25.0 Å². The molecule has 7 nitrogen and oxygen atoms in total. The molecule has 150 valence electrons. The van der Waals surface area contributed by atoms with Crippen LogP contribution in [0.4, 0.5) is 5.69 Å². The maximum atomic E-state index is 12.8. The summed E-state index contributed by atoms with van der Waals surface area (Å²) >= 11 is 1.42. The summed E-state index contributed by atoms with van der Waals surface area (Å²) in [6.45, 7) is 0.176. The molecular formula is C19H22N2O5S2. The van der Waals surface area contributed by atoms with Crippen LogP contribution in [-0.2, 0) is 14.6 Å². The first-order valence-corrected chi connectivity index (χ1v) is 12.4. The molecule has 3 aliphatic heterocycles. The molecule has 1 aromatic rings. The van der Waals surface area contributed by atoms with Gasteiger partial charge in [0, 0.05) is 22.9 Å². The molecule has 0 N–H and O–H groups in total. The van der Waals surface area contributed by atoms with E-state index >= 15 is 0 Å². The average molecular weight is 423 g/mol. The number of ether oxygens (including phenoxy) is 2. The number of amidine groups is 1. The van der Waals surface area contributed by atoms with Crippen molar-refractivity contribution in [1.82, 2.24) is 0 Å². The molecule has 1 amide bonds. The average Bonchev–Trinajstić information content (AvgIpc) is 3.33. The van der Waals surface area contributed by atoms with Crippen LogP contribution in [0.5, 0.6) is 11.5 Å². The molecule has 5 rings (SSSR count). The zero-order valence-electron chi connectivity index (χ0n) is 15.4. The standard InChI is InChI=1S/C19H22N2O5S2/c22-18(12-4-2-1-3-5-12)20-19-21(14-9-28(23,24)10-17(14)27-19)13-6-7-15-16(8-13)26-11-25-15/h6-8,12,14,17H,1-5,9-11H2/t14-,17-/m0/s1. The minimum Gasteiger partial charge on any atom is -0.454 e. The Kier molecular flexibility index (Phi) is 4.54. The molecule has 0 aromatic heterocycles. The Morgan fingerprint density at radius 1 is 1.11 bits per heavy atom. The first kappa shape index (κ1) is 18.3. The second-order valence-electron chi connectivity index (χ2n) is 7.78. The summed E-state index contributed by atoms with van der Waals surface area (Å²) in [5.74, 6) is 1.42. The van der Waals surface area contributed by atoms with Crippen LogP contribution in [0.3, 0.4) is 0 Å². The molecule has 0 radical (unpaired) electrons. The van der Waals surface area contributed by atoms with E-state index in [9.17, 15) is 13.2 Å². The van der Waals surface area contributed by atoms with Gasteiger partial charge in [-0.3, -0.25) is 4.79 Å². The van der Waals surface area contributed by atoms with Gasteiger partial charge in [0.25, 0.3) is 5.91 Å². The summed E-state index contributed by atoms with van der Waals surface area (Å²) in [6.07, 6.45) is 5.12. The molecule has 2 saturated heterocycles. The van der Waals surface area contributed by atoms with E-state index in [-0.39, 0.29) is 41.4 Å². The number of hydrogen-bond donors (Lipinski definition) is 0. The minimum atomic E-state index is -3.09. The fourth-order valence-corrected chi connectivity index (χ4v) is 8.36. The van der Waals surface area contributed by atoms with Crippen LogP contribution in [0.25, 0.3) is 0 Å². The molecule has 3 fully saturated rings. The summed E-state index contributed by atoms with van der Waals surface area (Å²) in [6, 6.07) is 5.33. The molecule has 1 aromatic carbocycles. The van der Waals surface area contributed by atoms with E-state index < -0.39 is 9.84 Å². The number of hydrogen-bond acceptors (Lipinski definition) is 6. The van der Waals surface area contributed by atoms with E-state index in [0.717, 1.165) is 31.4 Å². The van der Waals surface area contributed by atoms with Crippen LogP contribution in [0.15, 0.2) is 23.2 Å². The molecule has 1 aliphatic carbocycles. The lowest BCUT2D eigenvalue weighted by molar-refractivity contribution is -0.122. The van der Waals surface area contributed by atoms with Crippen molar-refractivity contribution in [2.75, 3.05) is 23.2 Å². The molecule has 9 heteroatoms. The summed E-state index contributed by atoms with van der Waals surface area (Å²) in [7, 11) is -3.09. The van der Waals surface area contributed by atoms with Crippen molar-refractivity contribution in [3.63, 3.8) is 0 Å². The Labute approximate surface area is 168 Å². The van der Waals surface area contributed by atoms with Crippen LogP contribution in [0.1, 0.15) is 32.1 Å². The van der Waals surface area contributed by atoms with Crippen LogP contribution in [0.2, 0.25) is 0 Å². The number of thioether (sulfide) groups is 1. The maximum absolute atomic E-state index is 12.8. The molecular weight excluding hydrogens is 400 g/mol. The lowest BCUT2D eigenvalue weighted by Gasteiger charge is -2.25. The number of carbonyl (C=O) groups excluding carboxylic acids is 1. The van der Waals surface area contributed by atoms with E-state index in [4.69, 9.17) is 9.47 Å². The van der Waals surface area contributed by atoms with E-state index in [1.807, 2.05) is 23.1 Å². The van der Waals surface area contributed by atoms with Gasteiger partial charge in [-0.2, -0.15) is 4.99 Å². The highest BCUT2D eigenvalue weighted by Gasteiger charge is 2.49. The van der Waals surface area contributed by atoms with Crippen LogP contribution >= 0.6 is 11.8 Å². The minimum absolute atomic E-state index is 0.00960. The van der Waals surface area contributed by atoms with Crippen molar-refractivity contribution in [2.45, 2.75) is 43.4 Å². The lowest BCUT2D eigenvalue weighted by Crippen LogP contribution is -2.38. The van der Waals surface area contributed by atoms with E-state index in [1.54, 1.807) is 0 Å². The van der Waals surface area contributed by atoms with Crippen molar-refractivity contribution in [3.05, 3.63) is 18.2 Å². The number of fused-ring (bicyclic) bond motifs is 2. The summed E-state index contributed by atoms with van der Waals surface area (Å²) < 4.78 is 35.2. The van der Waals surface area contributed by atoms with Crippen LogP contribution in [0, 0.1) is 5.92 Å². The summed E-state index contributed by atoms with van der Waals surface area (Å²) in [4.78, 5) is 19.2. The number of aliphatic imine (C=N–C) groups is 1. The highest BCUT2D eigenvalue weighted by atomic mass is 32.2. The van der Waals surface area contributed by atoms with Gasteiger partial charge in [-0.25, -0.2) is 8.42 Å². The van der Waals surface area contributed by atoms with Crippen molar-refractivity contribution in [2.24, 2.45) is 10.9 Å². The monoisotopic (exact) mass is 422 g/mol. The normalized spacial score (nSPS) is 30.0. The highest BCUT2D eigenvalue weighted by molar-refractivity contribution is 8.16. The Bertz CT molecular complexity index is 940. The van der Waals surface area contributed by atoms with Gasteiger partial charge in [0.1, 0.15) is 0 Å². The predicted molar refractivity (Wildman–Crippen MR) is 108 cm³/mol. The zero-order valence-corrected chi connectivity index (χ0v) is 17.0. The number of amides is 1. The van der Waals surface area contributed by atoms with Gasteiger partial charge >= 0.3 is 0 Å². The second kappa shape index (κ2) is 6.95. The molecule has 0 unspecified atom stereocenters. The fourth-order valence-electron chi connectivity index (χ4n) is 4.44. The smallest absolute Gasteiger partial charge is 0.251 e. The predicted octanol–water partition coefficient (Wildman–Crippen LogP) is 2.60. The van der Waals surface area contributed by atoms with E-state index in [1.165, 1.54) is 18.2 Å².